The fourth-order valence-electron chi connectivity index (χ4n) is 2.76. The Labute approximate surface area is 125 Å². The van der Waals surface area contributed by atoms with E-state index in [0.29, 0.717) is 6.61 Å². The topological polar surface area (TPSA) is 30.5 Å². The zero-order chi connectivity index (χ0) is 14.7. The molecule has 1 aliphatic heterocycles. The molecule has 0 aliphatic carbocycles. The lowest BCUT2D eigenvalue weighted by Crippen LogP contribution is -2.41. The summed E-state index contributed by atoms with van der Waals surface area (Å²) in [5.74, 6) is 1.83. The minimum absolute atomic E-state index is 0.0302. The second-order valence-electron chi connectivity index (χ2n) is 5.27. The highest BCUT2D eigenvalue weighted by Crippen LogP contribution is 2.33. The Bertz CT molecular complexity index is 594. The summed E-state index contributed by atoms with van der Waals surface area (Å²) in [6, 6.07) is 16.6. The number of benzene rings is 2. The number of aryl methyl sites for hydroxylation is 1. The summed E-state index contributed by atoms with van der Waals surface area (Å²) in [4.78, 5) is 0. The van der Waals surface area contributed by atoms with Crippen LogP contribution in [-0.4, -0.2) is 19.8 Å². The van der Waals surface area contributed by atoms with Crippen molar-refractivity contribution in [2.24, 2.45) is 0 Å². The Hall–Kier alpha value is -2.00. The predicted molar refractivity (Wildman–Crippen MR) is 84.0 cm³/mol. The summed E-state index contributed by atoms with van der Waals surface area (Å²) in [6.45, 7) is 2.71. The van der Waals surface area contributed by atoms with Crippen LogP contribution in [-0.2, 0) is 6.42 Å². The third-order valence-electron chi connectivity index (χ3n) is 3.96. The van der Waals surface area contributed by atoms with Gasteiger partial charge in [0.1, 0.15) is 18.1 Å². The van der Waals surface area contributed by atoms with Gasteiger partial charge in [0.15, 0.2) is 6.10 Å². The number of fused-ring (bicyclic) bond motifs is 1. The van der Waals surface area contributed by atoms with Crippen molar-refractivity contribution in [1.82, 2.24) is 5.32 Å². The van der Waals surface area contributed by atoms with Gasteiger partial charge in [-0.1, -0.05) is 37.3 Å². The first-order valence-corrected chi connectivity index (χ1v) is 7.46. The normalized spacial score (nSPS) is 20.5. The van der Waals surface area contributed by atoms with Gasteiger partial charge in [0, 0.05) is 5.56 Å². The smallest absolute Gasteiger partial charge is 0.152 e. The van der Waals surface area contributed by atoms with Crippen LogP contribution in [0.25, 0.3) is 0 Å². The molecule has 1 heterocycles. The summed E-state index contributed by atoms with van der Waals surface area (Å²) in [6.07, 6.45) is 1.01. The van der Waals surface area contributed by atoms with Gasteiger partial charge in [-0.3, -0.25) is 0 Å². The lowest BCUT2D eigenvalue weighted by atomic mass is 9.98. The molecule has 1 aliphatic rings. The molecule has 2 atom stereocenters. The molecular weight excluding hydrogens is 262 g/mol. The molecule has 0 radical (unpaired) electrons. The van der Waals surface area contributed by atoms with E-state index < -0.39 is 0 Å². The van der Waals surface area contributed by atoms with E-state index in [9.17, 15) is 0 Å². The van der Waals surface area contributed by atoms with Gasteiger partial charge >= 0.3 is 0 Å². The SMILES string of the molecule is CCc1ccc(OC2COc3ccccc3C2NC)cc1. The Morgan fingerprint density at radius 1 is 1.14 bits per heavy atom. The molecule has 3 heteroatoms. The zero-order valence-electron chi connectivity index (χ0n) is 12.5. The molecule has 21 heavy (non-hydrogen) atoms. The summed E-state index contributed by atoms with van der Waals surface area (Å²) in [7, 11) is 1.96. The largest absolute Gasteiger partial charge is 0.489 e. The van der Waals surface area contributed by atoms with Gasteiger partial charge in [0.2, 0.25) is 0 Å². The number of rotatable bonds is 4. The lowest BCUT2D eigenvalue weighted by molar-refractivity contribution is 0.0774. The number of ether oxygens (including phenoxy) is 2. The van der Waals surface area contributed by atoms with Gasteiger partial charge in [-0.15, -0.1) is 0 Å². The van der Waals surface area contributed by atoms with E-state index in [-0.39, 0.29) is 12.1 Å². The van der Waals surface area contributed by atoms with Crippen molar-refractivity contribution in [3.05, 3.63) is 59.7 Å². The Morgan fingerprint density at radius 3 is 2.62 bits per heavy atom. The highest BCUT2D eigenvalue weighted by molar-refractivity contribution is 5.39. The van der Waals surface area contributed by atoms with Crippen molar-refractivity contribution < 1.29 is 9.47 Å². The highest BCUT2D eigenvalue weighted by atomic mass is 16.5. The first kappa shape index (κ1) is 14.0. The number of hydrogen-bond acceptors (Lipinski definition) is 3. The molecule has 2 aromatic carbocycles. The third kappa shape index (κ3) is 2.88. The Kier molecular flexibility index (Phi) is 4.11. The zero-order valence-corrected chi connectivity index (χ0v) is 12.5. The van der Waals surface area contributed by atoms with Gasteiger partial charge in [0.25, 0.3) is 0 Å². The molecular formula is C18H21NO2. The molecule has 3 rings (SSSR count). The summed E-state index contributed by atoms with van der Waals surface area (Å²) in [5, 5.41) is 3.35. The van der Waals surface area contributed by atoms with Gasteiger partial charge in [0.05, 0.1) is 6.04 Å². The number of nitrogens with one attached hydrogen (secondary N) is 1. The second-order valence-corrected chi connectivity index (χ2v) is 5.27. The first-order chi connectivity index (χ1) is 10.3. The van der Waals surface area contributed by atoms with E-state index in [2.05, 4.69) is 30.4 Å². The minimum atomic E-state index is -0.0302. The third-order valence-corrected chi connectivity index (χ3v) is 3.96. The molecule has 1 N–H and O–H groups in total. The number of para-hydroxylation sites is 1. The maximum Gasteiger partial charge on any atom is 0.152 e. The summed E-state index contributed by atoms with van der Waals surface area (Å²) >= 11 is 0. The van der Waals surface area contributed by atoms with E-state index in [4.69, 9.17) is 9.47 Å². The fraction of sp³-hybridized carbons (Fsp3) is 0.333. The van der Waals surface area contributed by atoms with Crippen molar-refractivity contribution in [1.29, 1.82) is 0 Å². The number of likely N-dealkylation sites (N-methyl/N-ethyl adjacent to an activating group) is 1. The highest BCUT2D eigenvalue weighted by Gasteiger charge is 2.31. The van der Waals surface area contributed by atoms with Crippen molar-refractivity contribution in [3.8, 4) is 11.5 Å². The standard InChI is InChI=1S/C18H21NO2/c1-3-13-8-10-14(11-9-13)21-17-12-20-16-7-5-4-6-15(16)18(17)19-2/h4-11,17-19H,3,12H2,1-2H3. The van der Waals surface area contributed by atoms with E-state index in [1.54, 1.807) is 0 Å². The minimum Gasteiger partial charge on any atom is -0.489 e. The Balaban J connectivity index is 1.79. The quantitative estimate of drug-likeness (QED) is 0.933. The molecule has 110 valence electrons. The van der Waals surface area contributed by atoms with Crippen molar-refractivity contribution in [3.63, 3.8) is 0 Å². The van der Waals surface area contributed by atoms with Crippen LogP contribution in [0.15, 0.2) is 48.5 Å². The van der Waals surface area contributed by atoms with E-state index in [1.807, 2.05) is 37.4 Å². The van der Waals surface area contributed by atoms with Crippen molar-refractivity contribution in [2.75, 3.05) is 13.7 Å². The maximum atomic E-state index is 6.13. The van der Waals surface area contributed by atoms with Crippen LogP contribution in [0, 0.1) is 0 Å². The van der Waals surface area contributed by atoms with E-state index in [0.717, 1.165) is 23.5 Å². The molecule has 0 aromatic heterocycles. The average molecular weight is 283 g/mol. The average Bonchev–Trinajstić information content (AvgIpc) is 2.55. The second kappa shape index (κ2) is 6.19. The van der Waals surface area contributed by atoms with Crippen LogP contribution in [0.3, 0.4) is 0 Å². The molecule has 2 aromatic rings. The van der Waals surface area contributed by atoms with Crippen LogP contribution < -0.4 is 14.8 Å². The van der Waals surface area contributed by atoms with Crippen molar-refractivity contribution in [2.45, 2.75) is 25.5 Å². The number of hydrogen-bond donors (Lipinski definition) is 1. The molecule has 0 saturated heterocycles. The predicted octanol–water partition coefficient (Wildman–Crippen LogP) is 3.35. The summed E-state index contributed by atoms with van der Waals surface area (Å²) < 4.78 is 11.9. The van der Waals surface area contributed by atoms with Gasteiger partial charge < -0.3 is 14.8 Å². The Morgan fingerprint density at radius 2 is 1.90 bits per heavy atom. The van der Waals surface area contributed by atoms with E-state index in [1.165, 1.54) is 5.56 Å². The van der Waals surface area contributed by atoms with Gasteiger partial charge in [-0.2, -0.15) is 0 Å². The van der Waals surface area contributed by atoms with Crippen LogP contribution >= 0.6 is 0 Å². The summed E-state index contributed by atoms with van der Waals surface area (Å²) in [5.41, 5.74) is 2.47. The van der Waals surface area contributed by atoms with Crippen LogP contribution in [0.1, 0.15) is 24.1 Å². The van der Waals surface area contributed by atoms with Crippen LogP contribution in [0.4, 0.5) is 0 Å². The molecule has 0 saturated carbocycles. The monoisotopic (exact) mass is 283 g/mol. The van der Waals surface area contributed by atoms with Gasteiger partial charge in [-0.05, 0) is 37.2 Å². The van der Waals surface area contributed by atoms with Gasteiger partial charge in [-0.25, -0.2) is 0 Å². The molecule has 0 spiro atoms. The molecule has 3 nitrogen and oxygen atoms in total. The molecule has 0 fully saturated rings. The van der Waals surface area contributed by atoms with Crippen molar-refractivity contribution >= 4 is 0 Å². The van der Waals surface area contributed by atoms with Crippen LogP contribution in [0.2, 0.25) is 0 Å². The molecule has 0 amide bonds. The maximum absolute atomic E-state index is 6.13. The fourth-order valence-corrected chi connectivity index (χ4v) is 2.76. The van der Waals surface area contributed by atoms with E-state index >= 15 is 0 Å². The lowest BCUT2D eigenvalue weighted by Gasteiger charge is -2.33. The molecule has 2 unspecified atom stereocenters. The molecule has 0 bridgehead atoms. The first-order valence-electron chi connectivity index (χ1n) is 7.46. The van der Waals surface area contributed by atoms with Crippen LogP contribution in [0.5, 0.6) is 11.5 Å².